The Bertz CT molecular complexity index is 597. The second-order valence-corrected chi connectivity index (χ2v) is 7.83. The summed E-state index contributed by atoms with van der Waals surface area (Å²) in [4.78, 5) is 13.9. The van der Waals surface area contributed by atoms with Crippen molar-refractivity contribution in [2.24, 2.45) is 0 Å². The van der Waals surface area contributed by atoms with Crippen molar-refractivity contribution in [1.29, 1.82) is 0 Å². The largest absolute Gasteiger partial charge is 0.335 e. The van der Waals surface area contributed by atoms with E-state index in [1.807, 2.05) is 6.92 Å². The van der Waals surface area contributed by atoms with Crippen molar-refractivity contribution in [2.75, 3.05) is 18.6 Å². The third-order valence-electron chi connectivity index (χ3n) is 3.69. The van der Waals surface area contributed by atoms with Gasteiger partial charge in [-0.1, -0.05) is 11.6 Å². The number of carbonyl (C=O) groups excluding carboxylic acids is 1. The van der Waals surface area contributed by atoms with Crippen molar-refractivity contribution in [1.82, 2.24) is 4.90 Å². The Kier molecular flexibility index (Phi) is 3.62. The molecule has 1 aliphatic rings. The predicted octanol–water partition coefficient (Wildman–Crippen LogP) is 1.99. The molecule has 0 saturated carbocycles. The van der Waals surface area contributed by atoms with Crippen molar-refractivity contribution in [3.8, 4) is 0 Å². The first kappa shape index (κ1) is 14.3. The molecule has 1 aromatic carbocycles. The minimum atomic E-state index is -3.04. The highest BCUT2D eigenvalue weighted by atomic mass is 35.5. The van der Waals surface area contributed by atoms with Gasteiger partial charge in [0.05, 0.1) is 17.0 Å². The first-order chi connectivity index (χ1) is 8.73. The van der Waals surface area contributed by atoms with E-state index in [1.165, 1.54) is 4.90 Å². The van der Waals surface area contributed by atoms with Crippen LogP contribution in [0.1, 0.15) is 23.7 Å². The molecular weight excluding hydrogens is 286 g/mol. The van der Waals surface area contributed by atoms with Crippen LogP contribution in [-0.4, -0.2) is 43.3 Å². The molecule has 0 spiro atoms. The Labute approximate surface area is 118 Å². The van der Waals surface area contributed by atoms with Crippen molar-refractivity contribution < 1.29 is 13.2 Å². The van der Waals surface area contributed by atoms with E-state index < -0.39 is 15.4 Å². The van der Waals surface area contributed by atoms with E-state index in [9.17, 15) is 13.2 Å². The molecular formula is C13H16ClNO3S. The summed E-state index contributed by atoms with van der Waals surface area (Å²) in [5, 5.41) is 0.564. The average Bonchev–Trinajstić information content (AvgIpc) is 2.64. The number of hydrogen-bond donors (Lipinski definition) is 0. The molecule has 19 heavy (non-hydrogen) atoms. The van der Waals surface area contributed by atoms with Gasteiger partial charge >= 0.3 is 0 Å². The van der Waals surface area contributed by atoms with Crippen LogP contribution < -0.4 is 0 Å². The molecule has 0 aliphatic carbocycles. The maximum absolute atomic E-state index is 12.3. The number of hydrogen-bond acceptors (Lipinski definition) is 3. The Morgan fingerprint density at radius 2 is 1.89 bits per heavy atom. The van der Waals surface area contributed by atoms with Crippen LogP contribution in [0.5, 0.6) is 0 Å². The van der Waals surface area contributed by atoms with Crippen LogP contribution in [0, 0.1) is 0 Å². The molecule has 1 atom stereocenters. The van der Waals surface area contributed by atoms with Gasteiger partial charge in [0.15, 0.2) is 9.84 Å². The van der Waals surface area contributed by atoms with Gasteiger partial charge in [0.25, 0.3) is 5.91 Å². The van der Waals surface area contributed by atoms with Gasteiger partial charge in [-0.25, -0.2) is 8.42 Å². The monoisotopic (exact) mass is 301 g/mol. The van der Waals surface area contributed by atoms with Gasteiger partial charge in [-0.3, -0.25) is 4.79 Å². The third-order valence-corrected chi connectivity index (χ3v) is 5.83. The number of nitrogens with zero attached hydrogens (tertiary/aromatic N) is 1. The average molecular weight is 302 g/mol. The molecule has 1 aromatic rings. The van der Waals surface area contributed by atoms with Crippen molar-refractivity contribution in [3.63, 3.8) is 0 Å². The van der Waals surface area contributed by atoms with Gasteiger partial charge in [-0.2, -0.15) is 0 Å². The molecule has 4 nitrogen and oxygen atoms in total. The summed E-state index contributed by atoms with van der Waals surface area (Å²) in [5.41, 5.74) is -0.118. The van der Waals surface area contributed by atoms with Crippen LogP contribution in [0.2, 0.25) is 5.02 Å². The van der Waals surface area contributed by atoms with Gasteiger partial charge in [0.2, 0.25) is 0 Å². The van der Waals surface area contributed by atoms with E-state index in [0.717, 1.165) is 0 Å². The number of benzene rings is 1. The Balaban J connectivity index is 2.22. The first-order valence-corrected chi connectivity index (χ1v) is 8.18. The fourth-order valence-electron chi connectivity index (χ4n) is 2.29. The zero-order chi connectivity index (χ0) is 14.3. The summed E-state index contributed by atoms with van der Waals surface area (Å²) in [6, 6.07) is 6.59. The summed E-state index contributed by atoms with van der Waals surface area (Å²) in [7, 11) is -1.39. The van der Waals surface area contributed by atoms with E-state index in [0.29, 0.717) is 17.0 Å². The van der Waals surface area contributed by atoms with Crippen molar-refractivity contribution in [3.05, 3.63) is 34.9 Å². The molecule has 0 radical (unpaired) electrons. The van der Waals surface area contributed by atoms with Gasteiger partial charge < -0.3 is 4.90 Å². The Hall–Kier alpha value is -1.07. The molecule has 1 unspecified atom stereocenters. The molecule has 2 rings (SSSR count). The fraction of sp³-hybridized carbons (Fsp3) is 0.462. The van der Waals surface area contributed by atoms with Crippen molar-refractivity contribution in [2.45, 2.75) is 18.9 Å². The lowest BCUT2D eigenvalue weighted by molar-refractivity contribution is 0.0638. The smallest absolute Gasteiger partial charge is 0.254 e. The zero-order valence-electron chi connectivity index (χ0n) is 10.9. The fourth-order valence-corrected chi connectivity index (χ4v) is 4.60. The minimum Gasteiger partial charge on any atom is -0.335 e. The molecule has 104 valence electrons. The first-order valence-electron chi connectivity index (χ1n) is 5.98. The predicted molar refractivity (Wildman–Crippen MR) is 75.2 cm³/mol. The lowest BCUT2D eigenvalue weighted by atomic mass is 9.99. The SMILES string of the molecule is CN(C(=O)c1ccc(Cl)cc1)C1(C)CCS(=O)(=O)C1. The molecule has 1 heterocycles. The molecule has 0 aromatic heterocycles. The van der Waals surface area contributed by atoms with Crippen LogP contribution in [0.15, 0.2) is 24.3 Å². The standard InChI is InChI=1S/C13H16ClNO3S/c1-13(7-8-19(17,18)9-13)15(2)12(16)10-3-5-11(14)6-4-10/h3-6H,7-9H2,1-2H3. The Morgan fingerprint density at radius 1 is 1.32 bits per heavy atom. The van der Waals surface area contributed by atoms with Gasteiger partial charge in [-0.15, -0.1) is 0 Å². The third kappa shape index (κ3) is 2.92. The summed E-state index contributed by atoms with van der Waals surface area (Å²) in [5.74, 6) is -0.0198. The number of halogens is 1. The molecule has 6 heteroatoms. The summed E-state index contributed by atoms with van der Waals surface area (Å²) in [6.07, 6.45) is 0.477. The molecule has 1 fully saturated rings. The van der Waals surface area contributed by atoms with Gasteiger partial charge in [0, 0.05) is 17.6 Å². The van der Waals surface area contributed by atoms with E-state index in [-0.39, 0.29) is 17.4 Å². The lowest BCUT2D eigenvalue weighted by Crippen LogP contribution is -2.48. The van der Waals surface area contributed by atoms with E-state index >= 15 is 0 Å². The number of sulfone groups is 1. The number of amides is 1. The molecule has 0 N–H and O–H groups in total. The summed E-state index contributed by atoms with van der Waals surface area (Å²) in [6.45, 7) is 1.81. The maximum atomic E-state index is 12.3. The van der Waals surface area contributed by atoms with Crippen LogP contribution in [-0.2, 0) is 9.84 Å². The topological polar surface area (TPSA) is 54.5 Å². The van der Waals surface area contributed by atoms with E-state index in [2.05, 4.69) is 0 Å². The lowest BCUT2D eigenvalue weighted by Gasteiger charge is -2.34. The molecule has 1 aliphatic heterocycles. The van der Waals surface area contributed by atoms with Crippen LogP contribution in [0.3, 0.4) is 0 Å². The number of rotatable bonds is 2. The van der Waals surface area contributed by atoms with Crippen LogP contribution in [0.25, 0.3) is 0 Å². The highest BCUT2D eigenvalue weighted by molar-refractivity contribution is 7.91. The van der Waals surface area contributed by atoms with Crippen LogP contribution in [0.4, 0.5) is 0 Å². The zero-order valence-corrected chi connectivity index (χ0v) is 12.5. The highest BCUT2D eigenvalue weighted by Crippen LogP contribution is 2.29. The second-order valence-electron chi connectivity index (χ2n) is 5.21. The van der Waals surface area contributed by atoms with Crippen LogP contribution >= 0.6 is 11.6 Å². The van der Waals surface area contributed by atoms with Gasteiger partial charge in [0.1, 0.15) is 0 Å². The minimum absolute atomic E-state index is 0.0236. The maximum Gasteiger partial charge on any atom is 0.254 e. The van der Waals surface area contributed by atoms with Crippen molar-refractivity contribution >= 4 is 27.3 Å². The van der Waals surface area contributed by atoms with Gasteiger partial charge in [-0.05, 0) is 37.6 Å². The molecule has 0 bridgehead atoms. The quantitative estimate of drug-likeness (QED) is 0.839. The summed E-state index contributed by atoms with van der Waals surface area (Å²) < 4.78 is 23.2. The van der Waals surface area contributed by atoms with E-state index in [1.54, 1.807) is 31.3 Å². The normalized spacial score (nSPS) is 25.2. The number of carbonyl (C=O) groups is 1. The summed E-state index contributed by atoms with van der Waals surface area (Å²) >= 11 is 5.78. The molecule has 1 amide bonds. The highest BCUT2D eigenvalue weighted by Gasteiger charge is 2.43. The second kappa shape index (κ2) is 4.80. The van der Waals surface area contributed by atoms with E-state index in [4.69, 9.17) is 11.6 Å². The Morgan fingerprint density at radius 3 is 2.37 bits per heavy atom. The molecule has 1 saturated heterocycles.